The van der Waals surface area contributed by atoms with Crippen LogP contribution in [-0.4, -0.2) is 55.0 Å². The highest BCUT2D eigenvalue weighted by molar-refractivity contribution is 6.10. The van der Waals surface area contributed by atoms with Gasteiger partial charge in [0.15, 0.2) is 0 Å². The molecule has 3 rings (SSSR count). The molecule has 1 saturated heterocycles. The Labute approximate surface area is 168 Å². The number of hydrogen-bond acceptors (Lipinski definition) is 6. The maximum Gasteiger partial charge on any atom is 0.340 e. The van der Waals surface area contributed by atoms with E-state index in [4.69, 9.17) is 9.47 Å². The smallest absolute Gasteiger partial charge is 0.340 e. The normalized spacial score (nSPS) is 23.7. The number of hydrogen-bond donors (Lipinski definition) is 2. The van der Waals surface area contributed by atoms with Gasteiger partial charge in [-0.3, -0.25) is 14.5 Å². The molecule has 0 bridgehead atoms. The molecular formula is C20H25N3O6. The van der Waals surface area contributed by atoms with Crippen LogP contribution in [0.3, 0.4) is 0 Å². The van der Waals surface area contributed by atoms with Crippen LogP contribution >= 0.6 is 0 Å². The third kappa shape index (κ3) is 4.03. The van der Waals surface area contributed by atoms with Crippen LogP contribution in [0, 0.1) is 5.92 Å². The highest BCUT2D eigenvalue weighted by Crippen LogP contribution is 2.36. The minimum atomic E-state index is -0.902. The Morgan fingerprint density at radius 2 is 1.93 bits per heavy atom. The molecule has 0 aromatic heterocycles. The summed E-state index contributed by atoms with van der Waals surface area (Å²) in [7, 11) is 2.68. The Morgan fingerprint density at radius 3 is 2.55 bits per heavy atom. The third-order valence-corrected chi connectivity index (χ3v) is 5.58. The molecule has 2 N–H and O–H groups in total. The van der Waals surface area contributed by atoms with E-state index in [1.807, 2.05) is 0 Å². The summed E-state index contributed by atoms with van der Waals surface area (Å²) in [6.07, 6.45) is 2.84. The highest BCUT2D eigenvalue weighted by Gasteiger charge is 2.52. The predicted octanol–water partition coefficient (Wildman–Crippen LogP) is 1.92. The first-order valence-electron chi connectivity index (χ1n) is 9.50. The first-order chi connectivity index (χ1) is 13.8. The van der Waals surface area contributed by atoms with Crippen molar-refractivity contribution in [2.75, 3.05) is 26.1 Å². The van der Waals surface area contributed by atoms with Crippen molar-refractivity contribution in [2.24, 2.45) is 5.92 Å². The van der Waals surface area contributed by atoms with E-state index in [1.54, 1.807) is 6.07 Å². The second kappa shape index (κ2) is 8.10. The maximum atomic E-state index is 12.9. The van der Waals surface area contributed by atoms with E-state index in [0.29, 0.717) is 24.5 Å². The van der Waals surface area contributed by atoms with Crippen LogP contribution < -0.4 is 15.4 Å². The fraction of sp³-hybridized carbons (Fsp3) is 0.500. The topological polar surface area (TPSA) is 114 Å². The monoisotopic (exact) mass is 403 g/mol. The molecule has 9 heteroatoms. The summed E-state index contributed by atoms with van der Waals surface area (Å²) in [4.78, 5) is 50.7. The average Bonchev–Trinajstić information content (AvgIpc) is 2.94. The van der Waals surface area contributed by atoms with Crippen molar-refractivity contribution in [3.05, 3.63) is 23.8 Å². The lowest BCUT2D eigenvalue weighted by molar-refractivity contribution is -0.135. The first kappa shape index (κ1) is 20.6. The van der Waals surface area contributed by atoms with Gasteiger partial charge in [0, 0.05) is 0 Å². The number of amides is 4. The molecule has 1 aliphatic heterocycles. The zero-order chi connectivity index (χ0) is 21.2. The summed E-state index contributed by atoms with van der Waals surface area (Å²) in [5.41, 5.74) is -0.590. The highest BCUT2D eigenvalue weighted by atomic mass is 16.5. The molecular weight excluding hydrogens is 378 g/mol. The molecule has 2 fully saturated rings. The molecule has 29 heavy (non-hydrogen) atoms. The van der Waals surface area contributed by atoms with Gasteiger partial charge in [-0.15, -0.1) is 0 Å². The molecule has 1 aromatic rings. The lowest BCUT2D eigenvalue weighted by Gasteiger charge is -2.33. The number of carbonyl (C=O) groups excluding carboxylic acids is 4. The van der Waals surface area contributed by atoms with Gasteiger partial charge in [-0.2, -0.15) is 0 Å². The summed E-state index contributed by atoms with van der Waals surface area (Å²) in [6, 6.07) is 3.95. The van der Waals surface area contributed by atoms with Gasteiger partial charge < -0.3 is 20.1 Å². The summed E-state index contributed by atoms with van der Waals surface area (Å²) in [5, 5.41) is 5.35. The van der Waals surface area contributed by atoms with Crippen molar-refractivity contribution in [3.63, 3.8) is 0 Å². The van der Waals surface area contributed by atoms with Crippen molar-refractivity contribution in [1.29, 1.82) is 0 Å². The molecule has 1 saturated carbocycles. The van der Waals surface area contributed by atoms with E-state index in [1.165, 1.54) is 26.4 Å². The fourth-order valence-electron chi connectivity index (χ4n) is 3.79. The number of nitrogens with one attached hydrogen (secondary N) is 2. The quantitative estimate of drug-likeness (QED) is 0.574. The van der Waals surface area contributed by atoms with Gasteiger partial charge in [-0.05, 0) is 49.8 Å². The Bertz CT molecular complexity index is 845. The van der Waals surface area contributed by atoms with Crippen LogP contribution in [0.15, 0.2) is 18.2 Å². The molecule has 156 valence electrons. The van der Waals surface area contributed by atoms with Crippen molar-refractivity contribution >= 4 is 29.5 Å². The minimum absolute atomic E-state index is 0.107. The molecule has 2 aliphatic rings. The van der Waals surface area contributed by atoms with Gasteiger partial charge in [0.2, 0.25) is 5.91 Å². The molecule has 1 spiro atoms. The van der Waals surface area contributed by atoms with Crippen LogP contribution in [0.4, 0.5) is 10.5 Å². The Kier molecular flexibility index (Phi) is 5.76. The largest absolute Gasteiger partial charge is 0.497 e. The molecule has 1 heterocycles. The van der Waals surface area contributed by atoms with Gasteiger partial charge in [-0.1, -0.05) is 6.92 Å². The van der Waals surface area contributed by atoms with E-state index < -0.39 is 30.0 Å². The second-order valence-electron chi connectivity index (χ2n) is 7.54. The van der Waals surface area contributed by atoms with Crippen LogP contribution in [0.2, 0.25) is 0 Å². The SMILES string of the molecule is COC(=O)c1cc(OC)ccc1NC(=O)CN1C(=O)NC2(CCC(C)CC2)C1=O. The van der Waals surface area contributed by atoms with Crippen molar-refractivity contribution in [1.82, 2.24) is 10.2 Å². The molecule has 0 atom stereocenters. The van der Waals surface area contributed by atoms with Crippen LogP contribution in [0.1, 0.15) is 43.0 Å². The minimum Gasteiger partial charge on any atom is -0.497 e. The zero-order valence-corrected chi connectivity index (χ0v) is 16.7. The van der Waals surface area contributed by atoms with Crippen molar-refractivity contribution in [2.45, 2.75) is 38.1 Å². The lowest BCUT2D eigenvalue weighted by Crippen LogP contribution is -2.49. The number of imide groups is 1. The van der Waals surface area contributed by atoms with Crippen LogP contribution in [-0.2, 0) is 14.3 Å². The molecule has 1 aliphatic carbocycles. The third-order valence-electron chi connectivity index (χ3n) is 5.58. The van der Waals surface area contributed by atoms with Gasteiger partial charge in [0.1, 0.15) is 17.8 Å². The number of nitrogens with zero attached hydrogens (tertiary/aromatic N) is 1. The van der Waals surface area contributed by atoms with Crippen molar-refractivity contribution < 1.29 is 28.7 Å². The predicted molar refractivity (Wildman–Crippen MR) is 104 cm³/mol. The number of carbonyl (C=O) groups is 4. The van der Waals surface area contributed by atoms with Gasteiger partial charge in [0.25, 0.3) is 5.91 Å². The first-order valence-corrected chi connectivity index (χ1v) is 9.50. The standard InChI is InChI=1S/C20H25N3O6/c1-12-6-8-20(9-7-12)18(26)23(19(27)22-20)11-16(24)21-15-5-4-13(28-2)10-14(15)17(25)29-3/h4-5,10,12H,6-9,11H2,1-3H3,(H,21,24)(H,22,27). The lowest BCUT2D eigenvalue weighted by atomic mass is 9.77. The molecule has 4 amide bonds. The van der Waals surface area contributed by atoms with Crippen molar-refractivity contribution in [3.8, 4) is 5.75 Å². The Hall–Kier alpha value is -3.10. The second-order valence-corrected chi connectivity index (χ2v) is 7.54. The maximum absolute atomic E-state index is 12.9. The molecule has 0 radical (unpaired) electrons. The molecule has 0 unspecified atom stereocenters. The number of methoxy groups -OCH3 is 2. The van der Waals surface area contributed by atoms with E-state index in [-0.39, 0.29) is 17.2 Å². The van der Waals surface area contributed by atoms with Gasteiger partial charge in [0.05, 0.1) is 25.5 Å². The van der Waals surface area contributed by atoms with E-state index in [2.05, 4.69) is 17.6 Å². The summed E-state index contributed by atoms with van der Waals surface area (Å²) < 4.78 is 9.83. The average molecular weight is 403 g/mol. The summed E-state index contributed by atoms with van der Waals surface area (Å²) in [5.74, 6) is -0.678. The van der Waals surface area contributed by atoms with Crippen LogP contribution in [0.25, 0.3) is 0 Å². The van der Waals surface area contributed by atoms with E-state index in [9.17, 15) is 19.2 Å². The van der Waals surface area contributed by atoms with Gasteiger partial charge in [-0.25, -0.2) is 9.59 Å². The number of esters is 1. The number of benzene rings is 1. The number of anilines is 1. The Morgan fingerprint density at radius 1 is 1.24 bits per heavy atom. The van der Waals surface area contributed by atoms with Gasteiger partial charge >= 0.3 is 12.0 Å². The summed E-state index contributed by atoms with van der Waals surface area (Å²) >= 11 is 0. The number of rotatable bonds is 5. The fourth-order valence-corrected chi connectivity index (χ4v) is 3.79. The van der Waals surface area contributed by atoms with Crippen LogP contribution in [0.5, 0.6) is 5.75 Å². The van der Waals surface area contributed by atoms with E-state index in [0.717, 1.165) is 17.7 Å². The number of ether oxygens (including phenoxy) is 2. The Balaban J connectivity index is 1.72. The molecule has 1 aromatic carbocycles. The van der Waals surface area contributed by atoms with E-state index >= 15 is 0 Å². The number of urea groups is 1. The zero-order valence-electron chi connectivity index (χ0n) is 16.7. The summed E-state index contributed by atoms with van der Waals surface area (Å²) in [6.45, 7) is 1.68. The molecule has 9 nitrogen and oxygen atoms in total.